The molecule has 0 aliphatic rings. The topological polar surface area (TPSA) is 77.8 Å². The molecule has 0 fully saturated rings. The van der Waals surface area contributed by atoms with Gasteiger partial charge in [-0.2, -0.15) is 5.10 Å². The zero-order valence-electron chi connectivity index (χ0n) is 16.9. The molecular weight excluding hydrogens is 408 g/mol. The molecular formula is C23H20N6OS. The Balaban J connectivity index is 1.47. The van der Waals surface area contributed by atoms with E-state index in [0.717, 1.165) is 38.5 Å². The lowest BCUT2D eigenvalue weighted by molar-refractivity contribution is 0.178. The van der Waals surface area contributed by atoms with Gasteiger partial charge in [0, 0.05) is 43.2 Å². The number of aromatic nitrogens is 5. The van der Waals surface area contributed by atoms with Gasteiger partial charge in [-0.15, -0.1) is 11.3 Å². The number of methoxy groups -OCH3 is 1. The van der Waals surface area contributed by atoms with Crippen LogP contribution in [0.3, 0.4) is 0 Å². The Bertz CT molecular complexity index is 1280. The number of benzene rings is 1. The van der Waals surface area contributed by atoms with E-state index in [2.05, 4.69) is 37.9 Å². The van der Waals surface area contributed by atoms with Crippen LogP contribution in [0.25, 0.3) is 27.2 Å². The largest absolute Gasteiger partial charge is 0.377 e. The van der Waals surface area contributed by atoms with Crippen LogP contribution in [0.1, 0.15) is 11.4 Å². The molecule has 0 atom stereocenters. The average molecular weight is 429 g/mol. The number of rotatable bonds is 7. The minimum atomic E-state index is 0.364. The summed E-state index contributed by atoms with van der Waals surface area (Å²) in [6, 6.07) is 16.2. The second kappa shape index (κ2) is 8.63. The summed E-state index contributed by atoms with van der Waals surface area (Å²) < 4.78 is 7.00. The van der Waals surface area contributed by atoms with Crippen LogP contribution in [-0.2, 0) is 17.9 Å². The Morgan fingerprint density at radius 1 is 1.06 bits per heavy atom. The highest BCUT2D eigenvalue weighted by Gasteiger charge is 2.15. The van der Waals surface area contributed by atoms with E-state index >= 15 is 0 Å². The number of hydrogen-bond donors (Lipinski definition) is 1. The maximum Gasteiger partial charge on any atom is 0.158 e. The smallest absolute Gasteiger partial charge is 0.158 e. The van der Waals surface area contributed by atoms with Crippen LogP contribution >= 0.6 is 11.3 Å². The molecule has 0 saturated heterocycles. The Morgan fingerprint density at radius 2 is 1.97 bits per heavy atom. The molecule has 31 heavy (non-hydrogen) atoms. The molecule has 0 aliphatic carbocycles. The minimum Gasteiger partial charge on any atom is -0.377 e. The molecule has 0 saturated carbocycles. The van der Waals surface area contributed by atoms with Crippen LogP contribution in [0, 0.1) is 0 Å². The zero-order chi connectivity index (χ0) is 21.0. The Morgan fingerprint density at radius 3 is 2.71 bits per heavy atom. The van der Waals surface area contributed by atoms with Gasteiger partial charge in [-0.3, -0.25) is 0 Å². The van der Waals surface area contributed by atoms with E-state index in [-0.39, 0.29) is 0 Å². The number of thiophene rings is 1. The molecule has 0 bridgehead atoms. The number of anilines is 1. The number of fused-ring (bicyclic) bond motifs is 1. The molecule has 4 aromatic heterocycles. The van der Waals surface area contributed by atoms with Gasteiger partial charge < -0.3 is 10.1 Å². The summed E-state index contributed by atoms with van der Waals surface area (Å²) in [5.74, 6) is 2.24. The summed E-state index contributed by atoms with van der Waals surface area (Å²) in [4.78, 5) is 14.9. The molecule has 0 unspecified atom stereocenters. The van der Waals surface area contributed by atoms with Crippen molar-refractivity contribution >= 4 is 27.4 Å². The molecule has 1 aromatic carbocycles. The van der Waals surface area contributed by atoms with Crippen LogP contribution in [0.5, 0.6) is 0 Å². The maximum absolute atomic E-state index is 5.27. The molecule has 7 nitrogen and oxygen atoms in total. The highest BCUT2D eigenvalue weighted by molar-refractivity contribution is 7.17. The summed E-state index contributed by atoms with van der Waals surface area (Å²) in [6.07, 6.45) is 5.46. The van der Waals surface area contributed by atoms with Gasteiger partial charge in [0.2, 0.25) is 0 Å². The molecule has 1 N–H and O–H groups in total. The molecule has 8 heteroatoms. The normalized spacial score (nSPS) is 11.1. The van der Waals surface area contributed by atoms with Crippen LogP contribution < -0.4 is 5.32 Å². The van der Waals surface area contributed by atoms with E-state index in [1.807, 2.05) is 48.8 Å². The standard InChI is InChI=1S/C23H20N6OS/c1-30-14-19-27-22(21-18(15-31-23(21)28-19)17-6-3-2-4-7-17)25-13-16-8-9-20(24-12-16)29-11-5-10-26-29/h2-12,15H,13-14H2,1H3,(H,25,27,28). The second-order valence-corrected chi connectivity index (χ2v) is 7.80. The van der Waals surface area contributed by atoms with E-state index < -0.39 is 0 Å². The van der Waals surface area contributed by atoms with E-state index in [9.17, 15) is 0 Å². The van der Waals surface area contributed by atoms with Crippen LogP contribution in [0.2, 0.25) is 0 Å². The predicted octanol–water partition coefficient (Wildman–Crippen LogP) is 4.70. The number of nitrogens with one attached hydrogen (secondary N) is 1. The first-order valence-corrected chi connectivity index (χ1v) is 10.7. The molecule has 0 amide bonds. The number of pyridine rings is 1. The lowest BCUT2D eigenvalue weighted by Gasteiger charge is -2.11. The van der Waals surface area contributed by atoms with E-state index in [1.54, 1.807) is 29.3 Å². The number of ether oxygens (including phenoxy) is 1. The van der Waals surface area contributed by atoms with Gasteiger partial charge in [-0.1, -0.05) is 36.4 Å². The van der Waals surface area contributed by atoms with E-state index in [4.69, 9.17) is 9.72 Å². The lowest BCUT2D eigenvalue weighted by atomic mass is 10.1. The van der Waals surface area contributed by atoms with Gasteiger partial charge in [-0.25, -0.2) is 19.6 Å². The summed E-state index contributed by atoms with van der Waals surface area (Å²) in [5.41, 5.74) is 3.32. The third-order valence-corrected chi connectivity index (χ3v) is 5.72. The van der Waals surface area contributed by atoms with Crippen LogP contribution in [-0.4, -0.2) is 31.8 Å². The Labute approximate surface area is 183 Å². The predicted molar refractivity (Wildman–Crippen MR) is 122 cm³/mol. The molecule has 5 aromatic rings. The summed E-state index contributed by atoms with van der Waals surface area (Å²) in [5, 5.41) is 10.9. The fourth-order valence-electron chi connectivity index (χ4n) is 3.38. The van der Waals surface area contributed by atoms with E-state index in [0.29, 0.717) is 19.0 Å². The van der Waals surface area contributed by atoms with Gasteiger partial charge in [0.1, 0.15) is 17.3 Å². The molecule has 4 heterocycles. The van der Waals surface area contributed by atoms with E-state index in [1.165, 1.54) is 0 Å². The van der Waals surface area contributed by atoms with Crippen molar-refractivity contribution in [2.45, 2.75) is 13.2 Å². The maximum atomic E-state index is 5.27. The summed E-state index contributed by atoms with van der Waals surface area (Å²) >= 11 is 1.62. The lowest BCUT2D eigenvalue weighted by Crippen LogP contribution is -2.07. The summed E-state index contributed by atoms with van der Waals surface area (Å²) in [6.45, 7) is 0.957. The zero-order valence-corrected chi connectivity index (χ0v) is 17.7. The molecule has 154 valence electrons. The first kappa shape index (κ1) is 19.3. The van der Waals surface area contributed by atoms with Crippen molar-refractivity contribution in [3.8, 4) is 16.9 Å². The van der Waals surface area contributed by atoms with Crippen molar-refractivity contribution in [1.29, 1.82) is 0 Å². The molecule has 0 radical (unpaired) electrons. The highest BCUT2D eigenvalue weighted by atomic mass is 32.1. The molecule has 5 rings (SSSR count). The second-order valence-electron chi connectivity index (χ2n) is 6.95. The Hall–Kier alpha value is -3.62. The van der Waals surface area contributed by atoms with Crippen molar-refractivity contribution in [1.82, 2.24) is 24.7 Å². The summed E-state index contributed by atoms with van der Waals surface area (Å²) in [7, 11) is 1.65. The van der Waals surface area contributed by atoms with Gasteiger partial charge in [0.05, 0.1) is 5.39 Å². The average Bonchev–Trinajstić information content (AvgIpc) is 3.49. The first-order chi connectivity index (χ1) is 15.3. The van der Waals surface area contributed by atoms with Crippen LogP contribution in [0.15, 0.2) is 72.5 Å². The fraction of sp³-hybridized carbons (Fsp3) is 0.130. The third-order valence-electron chi connectivity index (χ3n) is 4.85. The molecule has 0 spiro atoms. The van der Waals surface area contributed by atoms with Crippen LogP contribution in [0.4, 0.5) is 5.82 Å². The quantitative estimate of drug-likeness (QED) is 0.405. The third kappa shape index (κ3) is 4.03. The van der Waals surface area contributed by atoms with Gasteiger partial charge in [0.25, 0.3) is 0 Å². The minimum absolute atomic E-state index is 0.364. The van der Waals surface area contributed by atoms with Crippen molar-refractivity contribution in [2.24, 2.45) is 0 Å². The fourth-order valence-corrected chi connectivity index (χ4v) is 4.35. The van der Waals surface area contributed by atoms with Gasteiger partial charge >= 0.3 is 0 Å². The number of hydrogen-bond acceptors (Lipinski definition) is 7. The highest BCUT2D eigenvalue weighted by Crippen LogP contribution is 2.37. The first-order valence-electron chi connectivity index (χ1n) is 9.83. The number of nitrogens with zero attached hydrogens (tertiary/aromatic N) is 5. The monoisotopic (exact) mass is 428 g/mol. The van der Waals surface area contributed by atoms with Crippen molar-refractivity contribution in [2.75, 3.05) is 12.4 Å². The SMILES string of the molecule is COCc1nc(NCc2ccc(-n3cccn3)nc2)c2c(-c3ccccc3)csc2n1. The van der Waals surface area contributed by atoms with Crippen molar-refractivity contribution < 1.29 is 4.74 Å². The van der Waals surface area contributed by atoms with Crippen molar-refractivity contribution in [3.63, 3.8) is 0 Å². The van der Waals surface area contributed by atoms with Crippen molar-refractivity contribution in [3.05, 3.63) is 83.9 Å². The molecule has 0 aliphatic heterocycles. The van der Waals surface area contributed by atoms with Gasteiger partial charge in [-0.05, 0) is 23.3 Å². The Kier molecular flexibility index (Phi) is 5.39. The van der Waals surface area contributed by atoms with Gasteiger partial charge in [0.15, 0.2) is 11.6 Å².